The van der Waals surface area contributed by atoms with Gasteiger partial charge >= 0.3 is 0 Å². The Bertz CT molecular complexity index is 315. The smallest absolute Gasteiger partial charge is 0.223 e. The van der Waals surface area contributed by atoms with Crippen LogP contribution in [0.4, 0.5) is 0 Å². The number of piperazine rings is 1. The first-order valence-electron chi connectivity index (χ1n) is 8.06. The number of likely N-dealkylation sites (tertiary alicyclic amines) is 1. The molecular formula is C15H30N4O. The van der Waals surface area contributed by atoms with Gasteiger partial charge in [0.05, 0.1) is 5.92 Å². The first-order chi connectivity index (χ1) is 9.61. The summed E-state index contributed by atoms with van der Waals surface area (Å²) in [5.41, 5.74) is 5.68. The summed E-state index contributed by atoms with van der Waals surface area (Å²) in [6, 6.07) is 0.360. The third-order valence-corrected chi connectivity index (χ3v) is 4.86. The van der Waals surface area contributed by atoms with Crippen molar-refractivity contribution in [1.29, 1.82) is 0 Å². The summed E-state index contributed by atoms with van der Waals surface area (Å²) in [5, 5.41) is 0. The summed E-state index contributed by atoms with van der Waals surface area (Å²) >= 11 is 0. The van der Waals surface area contributed by atoms with Crippen LogP contribution < -0.4 is 5.73 Å². The molecule has 5 heteroatoms. The maximum atomic E-state index is 11.8. The van der Waals surface area contributed by atoms with Crippen LogP contribution in [0, 0.1) is 5.92 Å². The molecule has 116 valence electrons. The van der Waals surface area contributed by atoms with Crippen LogP contribution >= 0.6 is 0 Å². The molecule has 2 fully saturated rings. The highest BCUT2D eigenvalue weighted by atomic mass is 16.1. The standard InChI is InChI=1S/C15H30N4O/c1-3-4-6-18-7-5-14(13(12-18)15(16)20)19-10-8-17(2)9-11-19/h13-14H,3-12H2,1-2H3,(H2,16,20). The van der Waals surface area contributed by atoms with E-state index in [0.717, 1.165) is 52.2 Å². The number of rotatable bonds is 5. The molecule has 2 unspecified atom stereocenters. The van der Waals surface area contributed by atoms with E-state index in [-0.39, 0.29) is 11.8 Å². The van der Waals surface area contributed by atoms with Crippen LogP contribution in [0.5, 0.6) is 0 Å². The van der Waals surface area contributed by atoms with E-state index in [1.807, 2.05) is 0 Å². The molecule has 2 aliphatic heterocycles. The molecule has 1 amide bonds. The van der Waals surface area contributed by atoms with Gasteiger partial charge in [-0.15, -0.1) is 0 Å². The summed E-state index contributed by atoms with van der Waals surface area (Å²) in [5.74, 6) is -0.112. The van der Waals surface area contributed by atoms with Gasteiger partial charge in [-0.25, -0.2) is 0 Å². The van der Waals surface area contributed by atoms with Crippen molar-refractivity contribution in [3.8, 4) is 0 Å². The minimum Gasteiger partial charge on any atom is -0.369 e. The van der Waals surface area contributed by atoms with Crippen LogP contribution in [-0.4, -0.2) is 79.5 Å². The lowest BCUT2D eigenvalue weighted by atomic mass is 9.89. The average molecular weight is 282 g/mol. The molecule has 2 heterocycles. The second-order valence-corrected chi connectivity index (χ2v) is 6.36. The van der Waals surface area contributed by atoms with E-state index in [9.17, 15) is 4.79 Å². The minimum atomic E-state index is -0.116. The number of hydrogen-bond acceptors (Lipinski definition) is 4. The number of unbranched alkanes of at least 4 members (excludes halogenated alkanes) is 1. The molecule has 2 rings (SSSR count). The molecule has 0 aromatic carbocycles. The Morgan fingerprint density at radius 3 is 2.50 bits per heavy atom. The fourth-order valence-electron chi connectivity index (χ4n) is 3.46. The van der Waals surface area contributed by atoms with Crippen molar-refractivity contribution in [1.82, 2.24) is 14.7 Å². The highest BCUT2D eigenvalue weighted by Crippen LogP contribution is 2.23. The molecule has 2 aliphatic rings. The Kier molecular flexibility index (Phi) is 5.81. The molecule has 0 aliphatic carbocycles. The van der Waals surface area contributed by atoms with Crippen LogP contribution in [0.1, 0.15) is 26.2 Å². The number of hydrogen-bond donors (Lipinski definition) is 1. The first kappa shape index (κ1) is 15.7. The van der Waals surface area contributed by atoms with Gasteiger partial charge in [0.25, 0.3) is 0 Å². The monoisotopic (exact) mass is 282 g/mol. The van der Waals surface area contributed by atoms with Gasteiger partial charge in [-0.1, -0.05) is 13.3 Å². The number of nitrogens with zero attached hydrogens (tertiary/aromatic N) is 3. The lowest BCUT2D eigenvalue weighted by Gasteiger charge is -2.45. The molecule has 5 nitrogen and oxygen atoms in total. The van der Waals surface area contributed by atoms with Crippen LogP contribution in [-0.2, 0) is 4.79 Å². The second kappa shape index (κ2) is 7.38. The predicted octanol–water partition coefficient (Wildman–Crippen LogP) is 0.210. The lowest BCUT2D eigenvalue weighted by molar-refractivity contribution is -0.127. The number of likely N-dealkylation sites (N-methyl/N-ethyl adjacent to an activating group) is 1. The minimum absolute atomic E-state index is 0.00372. The average Bonchev–Trinajstić information content (AvgIpc) is 2.45. The normalized spacial score (nSPS) is 30.5. The molecular weight excluding hydrogens is 252 g/mol. The van der Waals surface area contributed by atoms with Gasteiger partial charge in [0, 0.05) is 38.8 Å². The van der Waals surface area contributed by atoms with Crippen molar-refractivity contribution < 1.29 is 4.79 Å². The highest BCUT2D eigenvalue weighted by molar-refractivity contribution is 5.77. The Morgan fingerprint density at radius 2 is 1.90 bits per heavy atom. The van der Waals surface area contributed by atoms with Gasteiger partial charge in [-0.2, -0.15) is 0 Å². The van der Waals surface area contributed by atoms with Gasteiger partial charge in [-0.05, 0) is 33.0 Å². The van der Waals surface area contributed by atoms with Crippen molar-refractivity contribution in [2.75, 3.05) is 52.9 Å². The zero-order valence-corrected chi connectivity index (χ0v) is 13.1. The van der Waals surface area contributed by atoms with Crippen LogP contribution in [0.2, 0.25) is 0 Å². The van der Waals surface area contributed by atoms with Crippen molar-refractivity contribution in [2.24, 2.45) is 11.7 Å². The maximum Gasteiger partial charge on any atom is 0.223 e. The van der Waals surface area contributed by atoms with Crippen molar-refractivity contribution in [2.45, 2.75) is 32.2 Å². The quantitative estimate of drug-likeness (QED) is 0.783. The lowest BCUT2D eigenvalue weighted by Crippen LogP contribution is -2.58. The summed E-state index contributed by atoms with van der Waals surface area (Å²) in [6.45, 7) is 9.62. The predicted molar refractivity (Wildman–Crippen MR) is 81.5 cm³/mol. The zero-order valence-electron chi connectivity index (χ0n) is 13.1. The fraction of sp³-hybridized carbons (Fsp3) is 0.933. The van der Waals surface area contributed by atoms with Crippen LogP contribution in [0.15, 0.2) is 0 Å². The summed E-state index contributed by atoms with van der Waals surface area (Å²) in [7, 11) is 2.16. The number of carbonyl (C=O) groups excluding carboxylic acids is 1. The molecule has 0 spiro atoms. The summed E-state index contributed by atoms with van der Waals surface area (Å²) in [4.78, 5) is 19.1. The van der Waals surface area contributed by atoms with E-state index in [1.165, 1.54) is 12.8 Å². The van der Waals surface area contributed by atoms with Crippen molar-refractivity contribution in [3.05, 3.63) is 0 Å². The summed E-state index contributed by atoms with van der Waals surface area (Å²) < 4.78 is 0. The number of amides is 1. The van der Waals surface area contributed by atoms with E-state index >= 15 is 0 Å². The number of carbonyl (C=O) groups is 1. The van der Waals surface area contributed by atoms with E-state index in [1.54, 1.807) is 0 Å². The van der Waals surface area contributed by atoms with E-state index in [2.05, 4.69) is 28.7 Å². The zero-order chi connectivity index (χ0) is 14.5. The Labute approximate surface area is 123 Å². The Morgan fingerprint density at radius 1 is 1.20 bits per heavy atom. The summed E-state index contributed by atoms with van der Waals surface area (Å²) in [6.07, 6.45) is 3.51. The highest BCUT2D eigenvalue weighted by Gasteiger charge is 2.37. The van der Waals surface area contributed by atoms with Gasteiger partial charge in [0.1, 0.15) is 0 Å². The Balaban J connectivity index is 1.93. The Hall–Kier alpha value is -0.650. The maximum absolute atomic E-state index is 11.8. The van der Waals surface area contributed by atoms with E-state index < -0.39 is 0 Å². The molecule has 2 saturated heterocycles. The molecule has 0 aromatic heterocycles. The van der Waals surface area contributed by atoms with Gasteiger partial charge in [-0.3, -0.25) is 9.69 Å². The first-order valence-corrected chi connectivity index (χ1v) is 8.06. The number of nitrogens with two attached hydrogens (primary N) is 1. The number of primary amides is 1. The molecule has 2 N–H and O–H groups in total. The molecule has 2 atom stereocenters. The molecule has 0 radical (unpaired) electrons. The third-order valence-electron chi connectivity index (χ3n) is 4.86. The molecule has 20 heavy (non-hydrogen) atoms. The van der Waals surface area contributed by atoms with Gasteiger partial charge in [0.2, 0.25) is 5.91 Å². The van der Waals surface area contributed by atoms with Gasteiger partial charge in [0.15, 0.2) is 0 Å². The molecule has 0 bridgehead atoms. The second-order valence-electron chi connectivity index (χ2n) is 6.36. The van der Waals surface area contributed by atoms with Crippen molar-refractivity contribution >= 4 is 5.91 Å². The van der Waals surface area contributed by atoms with Crippen LogP contribution in [0.3, 0.4) is 0 Å². The van der Waals surface area contributed by atoms with E-state index in [4.69, 9.17) is 5.73 Å². The SMILES string of the molecule is CCCCN1CCC(N2CCN(C)CC2)C(C(N)=O)C1. The van der Waals surface area contributed by atoms with E-state index in [0.29, 0.717) is 6.04 Å². The molecule has 0 saturated carbocycles. The fourth-order valence-corrected chi connectivity index (χ4v) is 3.46. The third kappa shape index (κ3) is 3.93. The van der Waals surface area contributed by atoms with Crippen molar-refractivity contribution in [3.63, 3.8) is 0 Å². The van der Waals surface area contributed by atoms with Crippen LogP contribution in [0.25, 0.3) is 0 Å². The largest absolute Gasteiger partial charge is 0.369 e. The topological polar surface area (TPSA) is 52.8 Å². The van der Waals surface area contributed by atoms with Gasteiger partial charge < -0.3 is 15.5 Å². The number of piperidine rings is 1. The molecule has 0 aromatic rings.